The first-order valence-corrected chi connectivity index (χ1v) is 6.64. The van der Waals surface area contributed by atoms with E-state index in [9.17, 15) is 9.59 Å². The molecule has 0 saturated heterocycles. The first-order chi connectivity index (χ1) is 6.45. The number of carbonyl (C=O) groups excluding carboxylic acids is 2. The minimum atomic E-state index is -0.294. The van der Waals surface area contributed by atoms with Crippen LogP contribution in [0, 0.1) is 11.8 Å². The molecule has 0 heterocycles. The molecule has 0 bridgehead atoms. The van der Waals surface area contributed by atoms with E-state index in [2.05, 4.69) is 45.7 Å². The molecule has 1 aliphatic carbocycles. The number of halogens is 2. The molecule has 1 aliphatic rings. The highest BCUT2D eigenvalue weighted by Gasteiger charge is 2.38. The molecule has 0 N–H and O–H groups in total. The van der Waals surface area contributed by atoms with Crippen LogP contribution in [0.15, 0.2) is 0 Å². The lowest BCUT2D eigenvalue weighted by Crippen LogP contribution is -2.32. The molecule has 2 nitrogen and oxygen atoms in total. The summed E-state index contributed by atoms with van der Waals surface area (Å²) in [7, 11) is 0. The van der Waals surface area contributed by atoms with Crippen molar-refractivity contribution in [3.05, 3.63) is 0 Å². The van der Waals surface area contributed by atoms with Gasteiger partial charge in [-0.25, -0.2) is 0 Å². The quantitative estimate of drug-likeness (QED) is 0.422. The van der Waals surface area contributed by atoms with Gasteiger partial charge in [0, 0.05) is 0 Å². The predicted octanol–water partition coefficient (Wildman–Crippen LogP) is 2.72. The molecule has 0 amide bonds. The fourth-order valence-electron chi connectivity index (χ4n) is 1.77. The van der Waals surface area contributed by atoms with Crippen LogP contribution in [0.4, 0.5) is 0 Å². The van der Waals surface area contributed by atoms with Crippen molar-refractivity contribution in [3.63, 3.8) is 0 Å². The van der Waals surface area contributed by atoms with Crippen molar-refractivity contribution in [3.8, 4) is 0 Å². The summed E-state index contributed by atoms with van der Waals surface area (Å²) >= 11 is 6.60. The first kappa shape index (κ1) is 12.4. The zero-order valence-electron chi connectivity index (χ0n) is 8.30. The summed E-state index contributed by atoms with van der Waals surface area (Å²) in [5.41, 5.74) is 0. The Balaban J connectivity index is 2.87. The Bertz CT molecular complexity index is 251. The highest BCUT2D eigenvalue weighted by molar-refractivity contribution is 9.10. The monoisotopic (exact) mass is 324 g/mol. The first-order valence-electron chi connectivity index (χ1n) is 4.81. The number of ketones is 2. The molecule has 0 aromatic heterocycles. The van der Waals surface area contributed by atoms with Gasteiger partial charge in [-0.15, -0.1) is 0 Å². The third kappa shape index (κ3) is 2.45. The van der Waals surface area contributed by atoms with E-state index in [-0.39, 0.29) is 27.1 Å². The molecule has 0 aromatic rings. The van der Waals surface area contributed by atoms with Crippen LogP contribution < -0.4 is 0 Å². The van der Waals surface area contributed by atoms with Crippen molar-refractivity contribution < 1.29 is 9.59 Å². The Labute approximate surface area is 101 Å². The Morgan fingerprint density at radius 2 is 1.71 bits per heavy atom. The minimum Gasteiger partial charge on any atom is -0.290 e. The van der Waals surface area contributed by atoms with Gasteiger partial charge in [0.1, 0.15) is 0 Å². The zero-order valence-corrected chi connectivity index (χ0v) is 11.5. The Kier molecular flexibility index (Phi) is 4.31. The largest absolute Gasteiger partial charge is 0.290 e. The van der Waals surface area contributed by atoms with Crippen LogP contribution >= 0.6 is 31.9 Å². The normalized spacial score (nSPS) is 34.8. The van der Waals surface area contributed by atoms with Crippen LogP contribution in [-0.4, -0.2) is 21.2 Å². The second-order valence-electron chi connectivity index (χ2n) is 4.08. The van der Waals surface area contributed by atoms with E-state index >= 15 is 0 Å². The third-order valence-electron chi connectivity index (χ3n) is 2.76. The van der Waals surface area contributed by atoms with Crippen LogP contribution in [0.2, 0.25) is 0 Å². The van der Waals surface area contributed by atoms with E-state index in [0.29, 0.717) is 5.92 Å². The molecule has 0 aliphatic heterocycles. The van der Waals surface area contributed by atoms with E-state index < -0.39 is 0 Å². The van der Waals surface area contributed by atoms with Gasteiger partial charge in [0.25, 0.3) is 0 Å². The molecule has 1 rings (SSSR count). The maximum atomic E-state index is 11.6. The van der Waals surface area contributed by atoms with Crippen molar-refractivity contribution in [2.75, 3.05) is 0 Å². The van der Waals surface area contributed by atoms with Crippen LogP contribution in [0.3, 0.4) is 0 Å². The number of hydrogen-bond acceptors (Lipinski definition) is 2. The summed E-state index contributed by atoms with van der Waals surface area (Å²) in [5.74, 6) is 0.140. The van der Waals surface area contributed by atoms with Crippen LogP contribution in [-0.2, 0) is 9.59 Å². The average Bonchev–Trinajstić information content (AvgIpc) is 2.21. The highest BCUT2D eigenvalue weighted by Crippen LogP contribution is 2.32. The van der Waals surface area contributed by atoms with E-state index in [4.69, 9.17) is 0 Å². The maximum absolute atomic E-state index is 11.6. The maximum Gasteiger partial charge on any atom is 0.213 e. The summed E-state index contributed by atoms with van der Waals surface area (Å²) < 4.78 is 0. The summed E-state index contributed by atoms with van der Waals surface area (Å²) in [4.78, 5) is 22.6. The van der Waals surface area contributed by atoms with Crippen molar-refractivity contribution in [2.45, 2.75) is 36.3 Å². The molecule has 4 heteroatoms. The highest BCUT2D eigenvalue weighted by atomic mass is 79.9. The molecule has 0 spiro atoms. The van der Waals surface area contributed by atoms with E-state index in [1.807, 2.05) is 0 Å². The fourth-order valence-corrected chi connectivity index (χ4v) is 3.36. The van der Waals surface area contributed by atoms with Gasteiger partial charge < -0.3 is 0 Å². The van der Waals surface area contributed by atoms with Gasteiger partial charge in [-0.05, 0) is 24.7 Å². The third-order valence-corrected chi connectivity index (χ3v) is 4.73. The molecular formula is C10H14Br2O2. The van der Waals surface area contributed by atoms with Crippen LogP contribution in [0.1, 0.15) is 26.7 Å². The van der Waals surface area contributed by atoms with E-state index in [1.165, 1.54) is 0 Å². The second kappa shape index (κ2) is 4.88. The topological polar surface area (TPSA) is 34.1 Å². The molecule has 0 radical (unpaired) electrons. The molecule has 1 fully saturated rings. The van der Waals surface area contributed by atoms with Gasteiger partial charge >= 0.3 is 0 Å². The van der Waals surface area contributed by atoms with Gasteiger partial charge in [-0.3, -0.25) is 9.59 Å². The molecule has 14 heavy (non-hydrogen) atoms. The van der Waals surface area contributed by atoms with Crippen molar-refractivity contribution in [2.24, 2.45) is 11.8 Å². The predicted molar refractivity (Wildman–Crippen MR) is 63.0 cm³/mol. The number of hydrogen-bond donors (Lipinski definition) is 0. The van der Waals surface area contributed by atoms with E-state index in [0.717, 1.165) is 12.8 Å². The number of Topliss-reactive ketones (excluding diaryl/α,β-unsaturated/α-hetero) is 2. The number of rotatable bonds is 1. The summed E-state index contributed by atoms with van der Waals surface area (Å²) in [6.45, 7) is 4.18. The van der Waals surface area contributed by atoms with Gasteiger partial charge in [0.05, 0.1) is 9.65 Å². The minimum absolute atomic E-state index is 0.272. The summed E-state index contributed by atoms with van der Waals surface area (Å²) in [6.07, 6.45) is 1.68. The smallest absolute Gasteiger partial charge is 0.213 e. The van der Waals surface area contributed by atoms with Crippen molar-refractivity contribution in [1.82, 2.24) is 0 Å². The number of alkyl halides is 2. The number of carbonyl (C=O) groups is 2. The average molecular weight is 326 g/mol. The van der Waals surface area contributed by atoms with Crippen molar-refractivity contribution in [1.29, 1.82) is 0 Å². The Morgan fingerprint density at radius 3 is 2.21 bits per heavy atom. The lowest BCUT2D eigenvalue weighted by molar-refractivity contribution is -0.135. The van der Waals surface area contributed by atoms with Crippen molar-refractivity contribution >= 4 is 43.4 Å². The molecule has 1 saturated carbocycles. The molecule has 3 atom stereocenters. The lowest BCUT2D eigenvalue weighted by atomic mass is 9.88. The van der Waals surface area contributed by atoms with Gasteiger partial charge in [-0.1, -0.05) is 45.7 Å². The van der Waals surface area contributed by atoms with Gasteiger partial charge in [-0.2, -0.15) is 0 Å². The Hall–Kier alpha value is 0.300. The Morgan fingerprint density at radius 1 is 1.14 bits per heavy atom. The lowest BCUT2D eigenvalue weighted by Gasteiger charge is -2.21. The standard InChI is InChI=1S/C10H14Br2O2/c1-5(2)6-3-4-7(11)9(13)10(14)8(6)12/h5-8H,3-4H2,1-2H3. The zero-order chi connectivity index (χ0) is 10.9. The van der Waals surface area contributed by atoms with Crippen LogP contribution in [0.5, 0.6) is 0 Å². The molecule has 3 unspecified atom stereocenters. The van der Waals surface area contributed by atoms with E-state index in [1.54, 1.807) is 0 Å². The molecular weight excluding hydrogens is 312 g/mol. The van der Waals surface area contributed by atoms with Crippen LogP contribution in [0.25, 0.3) is 0 Å². The molecule has 0 aromatic carbocycles. The summed E-state index contributed by atoms with van der Waals surface area (Å²) in [6, 6.07) is 0. The fraction of sp³-hybridized carbons (Fsp3) is 0.800. The summed E-state index contributed by atoms with van der Waals surface area (Å²) in [5, 5.41) is 0. The second-order valence-corrected chi connectivity index (χ2v) is 6.17. The molecule has 80 valence electrons. The SMILES string of the molecule is CC(C)C1CCC(Br)C(=O)C(=O)C1Br. The van der Waals surface area contributed by atoms with Gasteiger partial charge in [0.15, 0.2) is 0 Å². The van der Waals surface area contributed by atoms with Gasteiger partial charge in [0.2, 0.25) is 11.6 Å².